The van der Waals surface area contributed by atoms with Crippen LogP contribution in [0.25, 0.3) is 0 Å². The maximum absolute atomic E-state index is 12.6. The van der Waals surface area contributed by atoms with E-state index in [4.69, 9.17) is 18.9 Å². The summed E-state index contributed by atoms with van der Waals surface area (Å²) < 4.78 is 21.8. The van der Waals surface area contributed by atoms with Crippen LogP contribution >= 0.6 is 50.5 Å². The summed E-state index contributed by atoms with van der Waals surface area (Å²) in [6, 6.07) is 0. The number of hydrogen-bond acceptors (Lipinski definition) is 12. The molecule has 0 rings (SSSR count). The van der Waals surface area contributed by atoms with E-state index in [1.165, 1.54) is 13.8 Å². The largest absolute Gasteiger partial charge is 0.465 e. The molecule has 33 heavy (non-hydrogen) atoms. The lowest BCUT2D eigenvalue weighted by atomic mass is 9.90. The van der Waals surface area contributed by atoms with E-state index in [-0.39, 0.29) is 53.3 Å². The van der Waals surface area contributed by atoms with Crippen LogP contribution in [0.4, 0.5) is 0 Å². The number of carbonyl (C=O) groups excluding carboxylic acids is 4. The van der Waals surface area contributed by atoms with Crippen molar-refractivity contribution in [1.29, 1.82) is 0 Å². The standard InChI is InChI=1S/C21H36O8S4/c1-12(30)7-16(22)26-11-20(5,6)21(27-17(23)8-13(2)31,28-18(24)9-14(3)32)29-19(25)10-15(4)33/h12-15,30-33H,7-11H2,1-6H3. The molecule has 0 saturated carbocycles. The number of esters is 4. The average molecular weight is 545 g/mol. The van der Waals surface area contributed by atoms with Crippen LogP contribution in [-0.2, 0) is 38.1 Å². The molecule has 0 heterocycles. The van der Waals surface area contributed by atoms with Crippen molar-refractivity contribution in [3.8, 4) is 0 Å². The summed E-state index contributed by atoms with van der Waals surface area (Å²) in [4.78, 5) is 49.9. The van der Waals surface area contributed by atoms with Crippen molar-refractivity contribution in [2.24, 2.45) is 5.41 Å². The number of carbonyl (C=O) groups is 4. The summed E-state index contributed by atoms with van der Waals surface area (Å²) in [6.07, 6.45) is -0.437. The van der Waals surface area contributed by atoms with Crippen molar-refractivity contribution in [1.82, 2.24) is 0 Å². The zero-order chi connectivity index (χ0) is 26.0. The van der Waals surface area contributed by atoms with Gasteiger partial charge in [0.15, 0.2) is 0 Å². The molecular formula is C21H36O8S4. The summed E-state index contributed by atoms with van der Waals surface area (Å²) in [5.74, 6) is -5.53. The van der Waals surface area contributed by atoms with Gasteiger partial charge in [-0.3, -0.25) is 19.2 Å². The SMILES string of the molecule is CC(S)CC(=O)OCC(C)(C)C(OC(=O)CC(C)S)(OC(=O)CC(C)S)OC(=O)CC(C)S. The first-order valence-corrected chi connectivity index (χ1v) is 12.6. The van der Waals surface area contributed by atoms with Crippen molar-refractivity contribution < 1.29 is 38.1 Å². The molecule has 12 heteroatoms. The minimum atomic E-state index is -2.50. The summed E-state index contributed by atoms with van der Waals surface area (Å²) >= 11 is 16.7. The van der Waals surface area contributed by atoms with E-state index in [0.29, 0.717) is 0 Å². The van der Waals surface area contributed by atoms with Gasteiger partial charge in [-0.05, 0) is 13.8 Å². The van der Waals surface area contributed by atoms with Crippen LogP contribution in [0.5, 0.6) is 0 Å². The number of hydrogen-bond donors (Lipinski definition) is 4. The molecule has 4 unspecified atom stereocenters. The van der Waals surface area contributed by atoms with E-state index in [1.54, 1.807) is 27.7 Å². The Morgan fingerprint density at radius 2 is 0.879 bits per heavy atom. The second kappa shape index (κ2) is 14.6. The maximum atomic E-state index is 12.6. The first-order valence-electron chi connectivity index (χ1n) is 10.5. The third-order valence-corrected chi connectivity index (χ3v) is 4.75. The minimum absolute atomic E-state index is 0.0249. The fourth-order valence-electron chi connectivity index (χ4n) is 2.42. The number of thiol groups is 4. The quantitative estimate of drug-likeness (QED) is 0.149. The van der Waals surface area contributed by atoms with Gasteiger partial charge in [0.05, 0.1) is 25.7 Å². The molecule has 8 nitrogen and oxygen atoms in total. The molecule has 0 saturated heterocycles. The molecule has 0 aromatic rings. The van der Waals surface area contributed by atoms with Gasteiger partial charge in [-0.1, -0.05) is 27.7 Å². The maximum Gasteiger partial charge on any atom is 0.432 e. The Bertz CT molecular complexity index is 617. The highest BCUT2D eigenvalue weighted by atomic mass is 32.1. The number of rotatable bonds is 14. The highest BCUT2D eigenvalue weighted by Crippen LogP contribution is 2.39. The van der Waals surface area contributed by atoms with E-state index in [1.807, 2.05) is 0 Å². The molecule has 0 bridgehead atoms. The Morgan fingerprint density at radius 3 is 1.15 bits per heavy atom. The van der Waals surface area contributed by atoms with Gasteiger partial charge in [0.1, 0.15) is 12.0 Å². The fourth-order valence-corrected chi connectivity index (χ4v) is 3.02. The molecule has 0 amide bonds. The van der Waals surface area contributed by atoms with Gasteiger partial charge >= 0.3 is 29.9 Å². The third-order valence-electron chi connectivity index (χ3n) is 4.02. The Kier molecular flexibility index (Phi) is 14.3. The zero-order valence-electron chi connectivity index (χ0n) is 19.9. The van der Waals surface area contributed by atoms with Crippen LogP contribution in [0, 0.1) is 5.41 Å². The van der Waals surface area contributed by atoms with Gasteiger partial charge in [0.2, 0.25) is 0 Å². The van der Waals surface area contributed by atoms with Gasteiger partial charge in [0, 0.05) is 21.0 Å². The molecule has 4 atom stereocenters. The normalized spacial score (nSPS) is 17.0. The molecule has 0 N–H and O–H groups in total. The summed E-state index contributed by atoms with van der Waals surface area (Å²) in [5, 5.41) is -1.39. The first-order chi connectivity index (χ1) is 15.0. The minimum Gasteiger partial charge on any atom is -0.465 e. The Morgan fingerprint density at radius 1 is 0.606 bits per heavy atom. The molecule has 0 aliphatic rings. The van der Waals surface area contributed by atoms with E-state index in [0.717, 1.165) is 0 Å². The van der Waals surface area contributed by atoms with Gasteiger partial charge < -0.3 is 18.9 Å². The van der Waals surface area contributed by atoms with Gasteiger partial charge in [0.25, 0.3) is 0 Å². The van der Waals surface area contributed by atoms with Crippen LogP contribution in [0.15, 0.2) is 0 Å². The Balaban J connectivity index is 6.21. The van der Waals surface area contributed by atoms with Gasteiger partial charge in [-0.15, -0.1) is 0 Å². The van der Waals surface area contributed by atoms with Crippen molar-refractivity contribution in [3.05, 3.63) is 0 Å². The van der Waals surface area contributed by atoms with E-state index >= 15 is 0 Å². The van der Waals surface area contributed by atoms with E-state index in [2.05, 4.69) is 50.5 Å². The van der Waals surface area contributed by atoms with Crippen LogP contribution in [0.3, 0.4) is 0 Å². The molecule has 0 aliphatic carbocycles. The van der Waals surface area contributed by atoms with Crippen molar-refractivity contribution in [2.75, 3.05) is 6.61 Å². The fraction of sp³-hybridized carbons (Fsp3) is 0.810. The molecule has 192 valence electrons. The summed E-state index contributed by atoms with van der Waals surface area (Å²) in [5.41, 5.74) is -1.48. The zero-order valence-corrected chi connectivity index (χ0v) is 23.5. The smallest absolute Gasteiger partial charge is 0.432 e. The van der Waals surface area contributed by atoms with Gasteiger partial charge in [-0.2, -0.15) is 50.5 Å². The lowest BCUT2D eigenvalue weighted by Crippen LogP contribution is -2.57. The van der Waals surface area contributed by atoms with Crippen LogP contribution < -0.4 is 0 Å². The first kappa shape index (κ1) is 32.3. The second-order valence-corrected chi connectivity index (χ2v) is 12.3. The lowest BCUT2D eigenvalue weighted by molar-refractivity contribution is -0.377. The van der Waals surface area contributed by atoms with Crippen LogP contribution in [0.2, 0.25) is 0 Å². The third kappa shape index (κ3) is 13.1. The molecule has 0 fully saturated rings. The lowest BCUT2D eigenvalue weighted by Gasteiger charge is -2.42. The average Bonchev–Trinajstić information content (AvgIpc) is 2.56. The van der Waals surface area contributed by atoms with Crippen LogP contribution in [-0.4, -0.2) is 57.5 Å². The topological polar surface area (TPSA) is 105 Å². The summed E-state index contributed by atoms with van der Waals surface area (Å²) in [7, 11) is 0. The molecular weight excluding hydrogens is 508 g/mol. The summed E-state index contributed by atoms with van der Waals surface area (Å²) in [6.45, 7) is 9.31. The molecule has 0 spiro atoms. The van der Waals surface area contributed by atoms with E-state index in [9.17, 15) is 19.2 Å². The molecule has 0 aromatic carbocycles. The monoisotopic (exact) mass is 544 g/mol. The van der Waals surface area contributed by atoms with E-state index < -0.39 is 35.3 Å². The predicted molar refractivity (Wildman–Crippen MR) is 138 cm³/mol. The molecule has 0 aromatic heterocycles. The molecule has 0 aliphatic heterocycles. The van der Waals surface area contributed by atoms with Gasteiger partial charge in [-0.25, -0.2) is 0 Å². The highest BCUT2D eigenvalue weighted by molar-refractivity contribution is 7.81. The van der Waals surface area contributed by atoms with Crippen LogP contribution in [0.1, 0.15) is 67.2 Å². The predicted octanol–water partition coefficient (Wildman–Crippen LogP) is 3.67. The van der Waals surface area contributed by atoms with Crippen molar-refractivity contribution >= 4 is 74.4 Å². The van der Waals surface area contributed by atoms with Crippen molar-refractivity contribution in [3.63, 3.8) is 0 Å². The van der Waals surface area contributed by atoms with Crippen molar-refractivity contribution in [2.45, 2.75) is 94.2 Å². The number of ether oxygens (including phenoxy) is 4. The second-order valence-electron chi connectivity index (χ2n) is 8.74. The highest BCUT2D eigenvalue weighted by Gasteiger charge is 2.58. The Labute approximate surface area is 218 Å². The Hall–Kier alpha value is -0.720. The molecule has 0 radical (unpaired) electrons.